The van der Waals surface area contributed by atoms with E-state index < -0.39 is 4.92 Å². The van der Waals surface area contributed by atoms with Gasteiger partial charge in [0.2, 0.25) is 5.91 Å². The Balaban J connectivity index is 2.17. The average Bonchev–Trinajstić information content (AvgIpc) is 2.50. The van der Waals surface area contributed by atoms with Gasteiger partial charge in [-0.05, 0) is 23.8 Å². The molecule has 0 aliphatic rings. The Labute approximate surface area is 142 Å². The smallest absolute Gasteiger partial charge is 0.271 e. The largest absolute Gasteiger partial charge is 0.495 e. The topological polar surface area (TPSA) is 81.5 Å². The van der Waals surface area contributed by atoms with Crippen molar-refractivity contribution in [2.24, 2.45) is 0 Å². The number of carbonyl (C=O) groups is 1. The molecule has 0 spiro atoms. The summed E-state index contributed by atoms with van der Waals surface area (Å²) in [4.78, 5) is 22.4. The average molecular weight is 355 g/mol. The van der Waals surface area contributed by atoms with Gasteiger partial charge in [0, 0.05) is 12.1 Å². The number of nitro benzene ring substituents is 1. The lowest BCUT2D eigenvalue weighted by Gasteiger charge is -2.10. The van der Waals surface area contributed by atoms with Gasteiger partial charge in [0.1, 0.15) is 5.75 Å². The fraction of sp³-hybridized carbons (Fsp3) is 0.133. The van der Waals surface area contributed by atoms with Crippen LogP contribution in [0, 0.1) is 10.1 Å². The number of nitrogens with zero attached hydrogens (tertiary/aromatic N) is 1. The number of halogens is 2. The highest BCUT2D eigenvalue weighted by Crippen LogP contribution is 2.29. The summed E-state index contributed by atoms with van der Waals surface area (Å²) in [5.74, 6) is -0.0275. The van der Waals surface area contributed by atoms with E-state index in [4.69, 9.17) is 27.9 Å². The van der Waals surface area contributed by atoms with Crippen molar-refractivity contribution in [1.82, 2.24) is 0 Å². The highest BCUT2D eigenvalue weighted by molar-refractivity contribution is 6.42. The van der Waals surface area contributed by atoms with Crippen LogP contribution in [0.2, 0.25) is 10.0 Å². The number of amides is 1. The van der Waals surface area contributed by atoms with Gasteiger partial charge >= 0.3 is 0 Å². The maximum absolute atomic E-state index is 12.1. The highest BCUT2D eigenvalue weighted by atomic mass is 35.5. The van der Waals surface area contributed by atoms with Crippen LogP contribution >= 0.6 is 23.2 Å². The van der Waals surface area contributed by atoms with E-state index in [1.165, 1.54) is 25.3 Å². The number of hydrogen-bond donors (Lipinski definition) is 1. The second kappa shape index (κ2) is 7.30. The van der Waals surface area contributed by atoms with Crippen molar-refractivity contribution in [3.8, 4) is 5.75 Å². The third kappa shape index (κ3) is 4.34. The molecule has 0 aliphatic heterocycles. The molecule has 2 aromatic rings. The van der Waals surface area contributed by atoms with Crippen LogP contribution in [-0.2, 0) is 11.2 Å². The summed E-state index contributed by atoms with van der Waals surface area (Å²) in [6, 6.07) is 8.83. The van der Waals surface area contributed by atoms with Crippen molar-refractivity contribution >= 4 is 40.5 Å². The van der Waals surface area contributed by atoms with Crippen LogP contribution in [0.15, 0.2) is 36.4 Å². The van der Waals surface area contributed by atoms with Crippen molar-refractivity contribution < 1.29 is 14.5 Å². The number of methoxy groups -OCH3 is 1. The van der Waals surface area contributed by atoms with Gasteiger partial charge in [0.15, 0.2) is 0 Å². The molecule has 23 heavy (non-hydrogen) atoms. The van der Waals surface area contributed by atoms with Crippen molar-refractivity contribution in [3.63, 3.8) is 0 Å². The fourth-order valence-electron chi connectivity index (χ4n) is 1.94. The second-order valence-electron chi connectivity index (χ2n) is 4.62. The fourth-order valence-corrected chi connectivity index (χ4v) is 2.26. The first-order valence-corrected chi connectivity index (χ1v) is 7.22. The van der Waals surface area contributed by atoms with Crippen molar-refractivity contribution in [2.45, 2.75) is 6.42 Å². The molecule has 0 radical (unpaired) electrons. The minimum atomic E-state index is -0.548. The molecule has 6 nitrogen and oxygen atoms in total. The normalized spacial score (nSPS) is 10.2. The molecule has 0 fully saturated rings. The molecule has 1 N–H and O–H groups in total. The number of anilines is 1. The molecule has 0 bridgehead atoms. The third-order valence-electron chi connectivity index (χ3n) is 3.02. The van der Waals surface area contributed by atoms with Crippen LogP contribution in [0.25, 0.3) is 0 Å². The zero-order valence-corrected chi connectivity index (χ0v) is 13.5. The Bertz CT molecular complexity index is 765. The summed E-state index contributed by atoms with van der Waals surface area (Å²) in [5.41, 5.74) is 0.753. The minimum Gasteiger partial charge on any atom is -0.495 e. The quantitative estimate of drug-likeness (QED) is 0.647. The predicted octanol–water partition coefficient (Wildman–Crippen LogP) is 4.09. The monoisotopic (exact) mass is 354 g/mol. The summed E-state index contributed by atoms with van der Waals surface area (Å²) < 4.78 is 5.09. The van der Waals surface area contributed by atoms with Gasteiger partial charge in [-0.1, -0.05) is 29.3 Å². The number of carbonyl (C=O) groups excluding carboxylic acids is 1. The Morgan fingerprint density at radius 1 is 1.22 bits per heavy atom. The maximum atomic E-state index is 12.1. The third-order valence-corrected chi connectivity index (χ3v) is 3.76. The van der Waals surface area contributed by atoms with E-state index in [-0.39, 0.29) is 23.7 Å². The van der Waals surface area contributed by atoms with E-state index in [0.717, 1.165) is 0 Å². The van der Waals surface area contributed by atoms with Gasteiger partial charge in [0.25, 0.3) is 5.69 Å². The Morgan fingerprint density at radius 3 is 2.57 bits per heavy atom. The molecule has 8 heteroatoms. The Kier molecular flexibility index (Phi) is 5.41. The molecule has 0 atom stereocenters. The van der Waals surface area contributed by atoms with E-state index in [1.54, 1.807) is 18.2 Å². The van der Waals surface area contributed by atoms with Crippen LogP contribution in [0.5, 0.6) is 5.75 Å². The van der Waals surface area contributed by atoms with Crippen molar-refractivity contribution in [2.75, 3.05) is 12.4 Å². The lowest BCUT2D eigenvalue weighted by atomic mass is 10.1. The number of ether oxygens (including phenoxy) is 1. The summed E-state index contributed by atoms with van der Waals surface area (Å²) in [7, 11) is 1.41. The number of benzene rings is 2. The molecule has 1 amide bonds. The van der Waals surface area contributed by atoms with E-state index in [1.807, 2.05) is 0 Å². The number of nitro groups is 1. The molecule has 0 unspecified atom stereocenters. The SMILES string of the molecule is COc1ccc([N+](=O)[O-])cc1NC(=O)Cc1ccc(Cl)c(Cl)c1. The maximum Gasteiger partial charge on any atom is 0.271 e. The van der Waals surface area contributed by atoms with Crippen LogP contribution in [0.3, 0.4) is 0 Å². The highest BCUT2D eigenvalue weighted by Gasteiger charge is 2.14. The summed E-state index contributed by atoms with van der Waals surface area (Å²) in [5, 5.41) is 14.2. The zero-order valence-electron chi connectivity index (χ0n) is 12.0. The molecule has 0 aromatic heterocycles. The summed E-state index contributed by atoms with van der Waals surface area (Å²) in [6.07, 6.45) is 0.0444. The van der Waals surface area contributed by atoms with E-state index in [2.05, 4.69) is 5.32 Å². The molecule has 0 aliphatic carbocycles. The predicted molar refractivity (Wildman–Crippen MR) is 88.4 cm³/mol. The minimum absolute atomic E-state index is 0.0444. The lowest BCUT2D eigenvalue weighted by Crippen LogP contribution is -2.15. The summed E-state index contributed by atoms with van der Waals surface area (Å²) >= 11 is 11.7. The number of hydrogen-bond acceptors (Lipinski definition) is 4. The van der Waals surface area contributed by atoms with Gasteiger partial charge in [0.05, 0.1) is 34.2 Å². The molecule has 2 rings (SSSR count). The number of rotatable bonds is 5. The van der Waals surface area contributed by atoms with Crippen LogP contribution in [0.4, 0.5) is 11.4 Å². The van der Waals surface area contributed by atoms with Gasteiger partial charge in [-0.25, -0.2) is 0 Å². The first kappa shape index (κ1) is 17.1. The molecule has 2 aromatic carbocycles. The van der Waals surface area contributed by atoms with Crippen molar-refractivity contribution in [3.05, 3.63) is 62.1 Å². The number of non-ortho nitro benzene ring substituents is 1. The van der Waals surface area contributed by atoms with Crippen LogP contribution in [0.1, 0.15) is 5.56 Å². The van der Waals surface area contributed by atoms with Crippen LogP contribution in [-0.4, -0.2) is 17.9 Å². The first-order valence-electron chi connectivity index (χ1n) is 6.47. The molecule has 0 saturated carbocycles. The molecule has 0 heterocycles. The van der Waals surface area contributed by atoms with E-state index >= 15 is 0 Å². The number of nitrogens with one attached hydrogen (secondary N) is 1. The van der Waals surface area contributed by atoms with Gasteiger partial charge in [-0.15, -0.1) is 0 Å². The first-order chi connectivity index (χ1) is 10.9. The second-order valence-corrected chi connectivity index (χ2v) is 5.43. The molecular formula is C15H12Cl2N2O4. The lowest BCUT2D eigenvalue weighted by molar-refractivity contribution is -0.384. The zero-order chi connectivity index (χ0) is 17.0. The Morgan fingerprint density at radius 2 is 1.96 bits per heavy atom. The molecule has 0 saturated heterocycles. The summed E-state index contributed by atoms with van der Waals surface area (Å²) in [6.45, 7) is 0. The molecule has 120 valence electrons. The van der Waals surface area contributed by atoms with Crippen LogP contribution < -0.4 is 10.1 Å². The standard InChI is InChI=1S/C15H12Cl2N2O4/c1-23-14-5-3-10(19(21)22)8-13(14)18-15(20)7-9-2-4-11(16)12(17)6-9/h2-6,8H,7H2,1H3,(H,18,20). The van der Waals surface area contributed by atoms with Gasteiger partial charge in [-0.2, -0.15) is 0 Å². The molecular weight excluding hydrogens is 343 g/mol. The van der Waals surface area contributed by atoms with Gasteiger partial charge < -0.3 is 10.1 Å². The Hall–Kier alpha value is -2.31. The van der Waals surface area contributed by atoms with E-state index in [0.29, 0.717) is 21.4 Å². The van der Waals surface area contributed by atoms with Crippen molar-refractivity contribution in [1.29, 1.82) is 0 Å². The van der Waals surface area contributed by atoms with E-state index in [9.17, 15) is 14.9 Å². The van der Waals surface area contributed by atoms with Gasteiger partial charge in [-0.3, -0.25) is 14.9 Å².